The van der Waals surface area contributed by atoms with Crippen molar-refractivity contribution in [1.29, 1.82) is 0 Å². The Labute approximate surface area is 87.5 Å². The van der Waals surface area contributed by atoms with Crippen LogP contribution in [0.1, 0.15) is 15.9 Å². The van der Waals surface area contributed by atoms with E-state index in [9.17, 15) is 4.79 Å². The third-order valence-electron chi connectivity index (χ3n) is 1.31. The first-order chi connectivity index (χ1) is 5.88. The zero-order valence-electron chi connectivity index (χ0n) is 6.08. The van der Waals surface area contributed by atoms with Gasteiger partial charge in [0.2, 0.25) is 0 Å². The molecular formula is C9H5IOS. The van der Waals surface area contributed by atoms with E-state index in [2.05, 4.69) is 32.4 Å². The van der Waals surface area contributed by atoms with Gasteiger partial charge in [0.05, 0.1) is 0 Å². The molecule has 0 unspecified atom stereocenters. The maximum absolute atomic E-state index is 10.5. The Kier molecular flexibility index (Phi) is 4.19. The minimum Gasteiger partial charge on any atom is -0.298 e. The van der Waals surface area contributed by atoms with Gasteiger partial charge in [-0.3, -0.25) is 4.79 Å². The Hall–Kier alpha value is -0.470. The molecule has 0 aliphatic carbocycles. The minimum absolute atomic E-state index is 0.649. The standard InChI is InChI=1S/C9H5IOS/c10-12-6-5-8-3-1-2-4-9(8)7-11/h1-4,7H. The van der Waals surface area contributed by atoms with Gasteiger partial charge >= 0.3 is 0 Å². The largest absolute Gasteiger partial charge is 0.298 e. The molecule has 0 bridgehead atoms. The lowest BCUT2D eigenvalue weighted by Crippen LogP contribution is -1.84. The lowest BCUT2D eigenvalue weighted by atomic mass is 10.1. The summed E-state index contributed by atoms with van der Waals surface area (Å²) in [4.78, 5) is 10.5. The highest BCUT2D eigenvalue weighted by Gasteiger charge is 1.94. The number of benzene rings is 1. The van der Waals surface area contributed by atoms with Gasteiger partial charge in [0.25, 0.3) is 0 Å². The molecule has 0 fully saturated rings. The van der Waals surface area contributed by atoms with Gasteiger partial charge < -0.3 is 0 Å². The summed E-state index contributed by atoms with van der Waals surface area (Å²) < 4.78 is 0. The Bertz CT molecular complexity index is 338. The zero-order chi connectivity index (χ0) is 8.81. The summed E-state index contributed by atoms with van der Waals surface area (Å²) >= 11 is 2.09. The van der Waals surface area contributed by atoms with Crippen molar-refractivity contribution in [3.8, 4) is 11.2 Å². The van der Waals surface area contributed by atoms with Crippen LogP contribution in [0.2, 0.25) is 0 Å². The van der Waals surface area contributed by atoms with Gasteiger partial charge in [0.1, 0.15) is 0 Å². The third kappa shape index (κ3) is 2.54. The summed E-state index contributed by atoms with van der Waals surface area (Å²) in [6.45, 7) is 0. The topological polar surface area (TPSA) is 17.1 Å². The van der Waals surface area contributed by atoms with Crippen molar-refractivity contribution in [2.24, 2.45) is 0 Å². The van der Waals surface area contributed by atoms with Crippen LogP contribution >= 0.6 is 30.1 Å². The molecule has 0 radical (unpaired) electrons. The van der Waals surface area contributed by atoms with Crippen LogP contribution < -0.4 is 0 Å². The number of carbonyl (C=O) groups is 1. The van der Waals surface area contributed by atoms with E-state index < -0.39 is 0 Å². The smallest absolute Gasteiger partial charge is 0.151 e. The van der Waals surface area contributed by atoms with Crippen molar-refractivity contribution in [3.63, 3.8) is 0 Å². The number of carbonyl (C=O) groups excluding carboxylic acids is 1. The Balaban J connectivity index is 3.05. The highest BCUT2D eigenvalue weighted by molar-refractivity contribution is 14.2. The summed E-state index contributed by atoms with van der Waals surface area (Å²) in [5.41, 5.74) is 1.44. The molecule has 60 valence electrons. The van der Waals surface area contributed by atoms with Gasteiger partial charge in [-0.1, -0.05) is 24.1 Å². The molecular weight excluding hydrogens is 283 g/mol. The fourth-order valence-electron chi connectivity index (χ4n) is 0.788. The minimum atomic E-state index is 0.649. The van der Waals surface area contributed by atoms with Crippen molar-refractivity contribution in [1.82, 2.24) is 0 Å². The molecule has 0 saturated carbocycles. The van der Waals surface area contributed by atoms with Gasteiger partial charge in [-0.2, -0.15) is 0 Å². The molecule has 0 saturated heterocycles. The van der Waals surface area contributed by atoms with Crippen molar-refractivity contribution in [3.05, 3.63) is 35.4 Å². The SMILES string of the molecule is O=Cc1ccccc1C#CSI. The maximum Gasteiger partial charge on any atom is 0.151 e. The van der Waals surface area contributed by atoms with E-state index in [-0.39, 0.29) is 0 Å². The van der Waals surface area contributed by atoms with Crippen LogP contribution in [-0.2, 0) is 0 Å². The summed E-state index contributed by atoms with van der Waals surface area (Å²) in [6.07, 6.45) is 0.821. The summed E-state index contributed by atoms with van der Waals surface area (Å²) in [7, 11) is 1.41. The molecule has 3 heteroatoms. The molecule has 0 amide bonds. The van der Waals surface area contributed by atoms with Crippen molar-refractivity contribution in [2.45, 2.75) is 0 Å². The normalized spacial score (nSPS) is 8.42. The van der Waals surface area contributed by atoms with Crippen LogP contribution in [0.25, 0.3) is 0 Å². The van der Waals surface area contributed by atoms with E-state index in [1.807, 2.05) is 18.2 Å². The number of rotatable bonds is 1. The fourth-order valence-corrected chi connectivity index (χ4v) is 1.27. The second-order valence-corrected chi connectivity index (χ2v) is 3.69. The first-order valence-corrected chi connectivity index (χ1v) is 6.57. The quantitative estimate of drug-likeness (QED) is 0.449. The predicted molar refractivity (Wildman–Crippen MR) is 60.3 cm³/mol. The molecule has 0 atom stereocenters. The molecule has 0 aromatic heterocycles. The molecule has 12 heavy (non-hydrogen) atoms. The van der Waals surface area contributed by atoms with E-state index in [0.717, 1.165) is 11.8 Å². The van der Waals surface area contributed by atoms with Crippen LogP contribution in [0, 0.1) is 11.2 Å². The number of hydrogen-bond acceptors (Lipinski definition) is 2. The van der Waals surface area contributed by atoms with Crippen LogP contribution in [-0.4, -0.2) is 6.29 Å². The van der Waals surface area contributed by atoms with Gasteiger partial charge in [-0.15, -0.1) is 0 Å². The van der Waals surface area contributed by atoms with E-state index in [4.69, 9.17) is 0 Å². The van der Waals surface area contributed by atoms with E-state index in [1.54, 1.807) is 6.07 Å². The molecule has 1 rings (SSSR count). The zero-order valence-corrected chi connectivity index (χ0v) is 9.06. The first-order valence-electron chi connectivity index (χ1n) is 3.21. The molecule has 0 heterocycles. The maximum atomic E-state index is 10.5. The molecule has 0 aliphatic rings. The van der Waals surface area contributed by atoms with E-state index >= 15 is 0 Å². The van der Waals surface area contributed by atoms with Crippen LogP contribution in [0.3, 0.4) is 0 Å². The average Bonchev–Trinajstić information content (AvgIpc) is 2.15. The summed E-state index contributed by atoms with van der Waals surface area (Å²) in [5.74, 6) is 2.89. The molecule has 0 aliphatic heterocycles. The van der Waals surface area contributed by atoms with Crippen LogP contribution in [0.15, 0.2) is 24.3 Å². The molecule has 0 N–H and O–H groups in total. The average molecular weight is 288 g/mol. The molecule has 1 aromatic carbocycles. The lowest BCUT2D eigenvalue weighted by molar-refractivity contribution is 0.112. The molecule has 1 nitrogen and oxygen atoms in total. The first kappa shape index (κ1) is 9.62. The Morgan fingerprint density at radius 2 is 2.17 bits per heavy atom. The second-order valence-electron chi connectivity index (χ2n) is 2.01. The Morgan fingerprint density at radius 1 is 1.42 bits per heavy atom. The monoisotopic (exact) mass is 288 g/mol. The van der Waals surface area contributed by atoms with Crippen molar-refractivity contribution in [2.75, 3.05) is 0 Å². The highest BCUT2D eigenvalue weighted by atomic mass is 127. The molecule has 0 spiro atoms. The fraction of sp³-hybridized carbons (Fsp3) is 0. The van der Waals surface area contributed by atoms with E-state index in [0.29, 0.717) is 5.56 Å². The van der Waals surface area contributed by atoms with Gasteiger partial charge in [0, 0.05) is 32.3 Å². The van der Waals surface area contributed by atoms with Gasteiger partial charge in [-0.05, 0) is 20.3 Å². The van der Waals surface area contributed by atoms with Gasteiger partial charge in [0.15, 0.2) is 6.29 Å². The van der Waals surface area contributed by atoms with Crippen LogP contribution in [0.5, 0.6) is 0 Å². The predicted octanol–water partition coefficient (Wildman–Crippen LogP) is 2.89. The van der Waals surface area contributed by atoms with Gasteiger partial charge in [-0.25, -0.2) is 0 Å². The number of halogens is 1. The Morgan fingerprint density at radius 3 is 2.83 bits per heavy atom. The van der Waals surface area contributed by atoms with E-state index in [1.165, 1.54) is 8.93 Å². The summed E-state index contributed by atoms with van der Waals surface area (Å²) in [5, 5.41) is 2.83. The number of aldehydes is 1. The van der Waals surface area contributed by atoms with Crippen molar-refractivity contribution >= 4 is 36.4 Å². The third-order valence-corrected chi connectivity index (χ3v) is 2.15. The second kappa shape index (κ2) is 5.22. The lowest BCUT2D eigenvalue weighted by Gasteiger charge is -1.92. The van der Waals surface area contributed by atoms with Crippen molar-refractivity contribution < 1.29 is 4.79 Å². The van der Waals surface area contributed by atoms with Crippen LogP contribution in [0.4, 0.5) is 0 Å². The number of hydrogen-bond donors (Lipinski definition) is 0. The molecule has 1 aromatic rings. The summed E-state index contributed by atoms with van der Waals surface area (Å²) in [6, 6.07) is 7.29. The highest BCUT2D eigenvalue weighted by Crippen LogP contribution is 2.09.